The van der Waals surface area contributed by atoms with Gasteiger partial charge in [0.15, 0.2) is 0 Å². The van der Waals surface area contributed by atoms with Gasteiger partial charge in [-0.3, -0.25) is 9.69 Å². The Morgan fingerprint density at radius 3 is 2.75 bits per heavy atom. The number of hydrogen-bond donors (Lipinski definition) is 0. The van der Waals surface area contributed by atoms with E-state index in [0.717, 1.165) is 43.5 Å². The Bertz CT molecular complexity index is 838. The predicted molar refractivity (Wildman–Crippen MR) is 111 cm³/mol. The molecule has 2 aromatic rings. The summed E-state index contributed by atoms with van der Waals surface area (Å²) in [4.78, 5) is 23.3. The molecule has 1 aromatic carbocycles. The molecular formula is C22H29N3O2S. The molecule has 1 aromatic heterocycles. The number of benzene rings is 1. The highest BCUT2D eigenvalue weighted by Gasteiger charge is 2.46. The Hall–Kier alpha value is -1.76. The van der Waals surface area contributed by atoms with Gasteiger partial charge in [-0.05, 0) is 26.3 Å². The lowest BCUT2D eigenvalue weighted by atomic mass is 9.87. The maximum Gasteiger partial charge on any atom is 0.223 e. The highest BCUT2D eigenvalue weighted by atomic mass is 32.1. The molecule has 28 heavy (non-hydrogen) atoms. The average molecular weight is 400 g/mol. The third kappa shape index (κ3) is 4.00. The number of nitrogens with zero attached hydrogens (tertiary/aromatic N) is 3. The van der Waals surface area contributed by atoms with Gasteiger partial charge in [-0.15, -0.1) is 11.3 Å². The van der Waals surface area contributed by atoms with E-state index in [0.29, 0.717) is 13.0 Å². The van der Waals surface area contributed by atoms with Crippen LogP contribution >= 0.6 is 11.3 Å². The molecule has 0 N–H and O–H groups in total. The quantitative estimate of drug-likeness (QED) is 0.788. The lowest BCUT2D eigenvalue weighted by molar-refractivity contribution is -0.129. The minimum Gasteiger partial charge on any atom is -0.379 e. The van der Waals surface area contributed by atoms with Gasteiger partial charge in [0.1, 0.15) is 0 Å². The van der Waals surface area contributed by atoms with E-state index in [1.807, 2.05) is 23.1 Å². The topological polar surface area (TPSA) is 45.7 Å². The zero-order chi connectivity index (χ0) is 19.7. The van der Waals surface area contributed by atoms with Crippen molar-refractivity contribution < 1.29 is 9.53 Å². The number of ether oxygens (including phenoxy) is 1. The standard InChI is InChI=1S/C22H29N3O2S/c1-16-20(28-18(3)23-16)12-24-9-10-27-15-22(13-24)11-21(26)25(14-22)17(2)19-7-5-4-6-8-19/h4-8,17H,9-15H2,1-3H3/t17-,22-/m1/s1. The molecule has 5 nitrogen and oxygen atoms in total. The van der Waals surface area contributed by atoms with E-state index < -0.39 is 0 Å². The third-order valence-electron chi connectivity index (χ3n) is 5.99. The molecule has 0 aliphatic carbocycles. The summed E-state index contributed by atoms with van der Waals surface area (Å²) in [6, 6.07) is 10.4. The van der Waals surface area contributed by atoms with Crippen molar-refractivity contribution in [2.75, 3.05) is 32.8 Å². The van der Waals surface area contributed by atoms with E-state index >= 15 is 0 Å². The first-order chi connectivity index (χ1) is 13.5. The van der Waals surface area contributed by atoms with Crippen LogP contribution in [0, 0.1) is 19.3 Å². The molecule has 2 aliphatic rings. The van der Waals surface area contributed by atoms with Crippen LogP contribution in [-0.4, -0.2) is 53.5 Å². The Morgan fingerprint density at radius 1 is 1.25 bits per heavy atom. The number of thiazole rings is 1. The number of aromatic nitrogens is 1. The maximum absolute atomic E-state index is 12.9. The van der Waals surface area contributed by atoms with Gasteiger partial charge in [0, 0.05) is 42.9 Å². The largest absolute Gasteiger partial charge is 0.379 e. The second-order valence-corrected chi connectivity index (χ2v) is 9.58. The Labute approximate surface area is 171 Å². The zero-order valence-corrected chi connectivity index (χ0v) is 17.8. The summed E-state index contributed by atoms with van der Waals surface area (Å²) in [5, 5.41) is 1.12. The number of carbonyl (C=O) groups excluding carboxylic acids is 1. The first kappa shape index (κ1) is 19.6. The summed E-state index contributed by atoms with van der Waals surface area (Å²) in [5.41, 5.74) is 2.20. The van der Waals surface area contributed by atoms with Crippen molar-refractivity contribution in [3.05, 3.63) is 51.5 Å². The van der Waals surface area contributed by atoms with Gasteiger partial charge in [0.05, 0.1) is 30.0 Å². The second-order valence-electron chi connectivity index (χ2n) is 8.29. The SMILES string of the molecule is Cc1nc(C)c(CN2CCOC[C@]3(CC(=O)N([C@H](C)c4ccccc4)C3)C2)s1. The van der Waals surface area contributed by atoms with Crippen LogP contribution in [0.2, 0.25) is 0 Å². The van der Waals surface area contributed by atoms with Crippen LogP contribution in [0.5, 0.6) is 0 Å². The highest BCUT2D eigenvalue weighted by Crippen LogP contribution is 2.39. The van der Waals surface area contributed by atoms with Crippen LogP contribution in [0.15, 0.2) is 30.3 Å². The van der Waals surface area contributed by atoms with E-state index in [2.05, 4.69) is 42.8 Å². The summed E-state index contributed by atoms with van der Waals surface area (Å²) < 4.78 is 5.98. The fraction of sp³-hybridized carbons (Fsp3) is 0.545. The van der Waals surface area contributed by atoms with Crippen molar-refractivity contribution in [3.63, 3.8) is 0 Å². The van der Waals surface area contributed by atoms with Crippen LogP contribution in [0.1, 0.15) is 40.5 Å². The molecule has 1 amide bonds. The lowest BCUT2D eigenvalue weighted by Gasteiger charge is -2.32. The fourth-order valence-electron chi connectivity index (χ4n) is 4.53. The van der Waals surface area contributed by atoms with Crippen molar-refractivity contribution in [2.45, 2.75) is 39.8 Å². The fourth-order valence-corrected chi connectivity index (χ4v) is 5.51. The number of hydrogen-bond acceptors (Lipinski definition) is 5. The summed E-state index contributed by atoms with van der Waals surface area (Å²) >= 11 is 1.78. The van der Waals surface area contributed by atoms with E-state index in [9.17, 15) is 4.79 Å². The minimum absolute atomic E-state index is 0.0937. The molecule has 1 spiro atoms. The van der Waals surface area contributed by atoms with Gasteiger partial charge in [-0.1, -0.05) is 30.3 Å². The molecule has 0 radical (unpaired) electrons. The van der Waals surface area contributed by atoms with Crippen molar-refractivity contribution >= 4 is 17.2 Å². The monoisotopic (exact) mass is 399 g/mol. The molecule has 2 saturated heterocycles. The van der Waals surface area contributed by atoms with Gasteiger partial charge >= 0.3 is 0 Å². The van der Waals surface area contributed by atoms with Crippen molar-refractivity contribution in [1.82, 2.24) is 14.8 Å². The summed E-state index contributed by atoms with van der Waals surface area (Å²) in [5.74, 6) is 0.242. The number of aryl methyl sites for hydroxylation is 2. The summed E-state index contributed by atoms with van der Waals surface area (Å²) in [6.07, 6.45) is 0.571. The first-order valence-corrected chi connectivity index (χ1v) is 10.8. The van der Waals surface area contributed by atoms with E-state index in [-0.39, 0.29) is 17.4 Å². The van der Waals surface area contributed by atoms with Crippen LogP contribution in [0.25, 0.3) is 0 Å². The number of amides is 1. The lowest BCUT2D eigenvalue weighted by Crippen LogP contribution is -2.40. The molecule has 0 bridgehead atoms. The second kappa shape index (κ2) is 7.93. The van der Waals surface area contributed by atoms with Gasteiger partial charge < -0.3 is 9.64 Å². The van der Waals surface area contributed by atoms with E-state index in [4.69, 9.17) is 4.74 Å². The van der Waals surface area contributed by atoms with Crippen LogP contribution in [0.3, 0.4) is 0 Å². The van der Waals surface area contributed by atoms with Gasteiger partial charge in [-0.25, -0.2) is 4.98 Å². The number of likely N-dealkylation sites (tertiary alicyclic amines) is 1. The molecular weight excluding hydrogens is 370 g/mol. The third-order valence-corrected chi connectivity index (χ3v) is 7.05. The molecule has 4 rings (SSSR count). The van der Waals surface area contributed by atoms with Crippen LogP contribution in [0.4, 0.5) is 0 Å². The zero-order valence-electron chi connectivity index (χ0n) is 17.0. The van der Waals surface area contributed by atoms with Gasteiger partial charge in [0.2, 0.25) is 5.91 Å². The maximum atomic E-state index is 12.9. The molecule has 2 atom stereocenters. The van der Waals surface area contributed by atoms with Crippen molar-refractivity contribution in [1.29, 1.82) is 0 Å². The normalized spacial score (nSPS) is 24.7. The number of carbonyl (C=O) groups is 1. The minimum atomic E-state index is -0.121. The van der Waals surface area contributed by atoms with E-state index in [1.165, 1.54) is 10.4 Å². The summed E-state index contributed by atoms with van der Waals surface area (Å²) in [7, 11) is 0. The molecule has 0 saturated carbocycles. The molecule has 2 aliphatic heterocycles. The molecule has 2 fully saturated rings. The molecule has 6 heteroatoms. The smallest absolute Gasteiger partial charge is 0.223 e. The average Bonchev–Trinajstić information content (AvgIpc) is 3.08. The Balaban J connectivity index is 1.50. The first-order valence-electron chi connectivity index (χ1n) is 10.0. The van der Waals surface area contributed by atoms with Crippen molar-refractivity contribution in [3.8, 4) is 0 Å². The summed E-state index contributed by atoms with van der Waals surface area (Å²) in [6.45, 7) is 11.1. The molecule has 0 unspecified atom stereocenters. The van der Waals surface area contributed by atoms with Crippen molar-refractivity contribution in [2.24, 2.45) is 5.41 Å². The van der Waals surface area contributed by atoms with Crippen LogP contribution in [-0.2, 0) is 16.1 Å². The Morgan fingerprint density at radius 2 is 2.04 bits per heavy atom. The van der Waals surface area contributed by atoms with Gasteiger partial charge in [0.25, 0.3) is 0 Å². The van der Waals surface area contributed by atoms with Crippen LogP contribution < -0.4 is 0 Å². The predicted octanol–water partition coefficient (Wildman–Crippen LogP) is 3.57. The Kier molecular flexibility index (Phi) is 5.54. The highest BCUT2D eigenvalue weighted by molar-refractivity contribution is 7.11. The van der Waals surface area contributed by atoms with E-state index in [1.54, 1.807) is 11.3 Å². The van der Waals surface area contributed by atoms with Gasteiger partial charge in [-0.2, -0.15) is 0 Å². The molecule has 3 heterocycles. The molecule has 150 valence electrons. The number of rotatable bonds is 4.